The van der Waals surface area contributed by atoms with Crippen LogP contribution in [0.3, 0.4) is 0 Å². The summed E-state index contributed by atoms with van der Waals surface area (Å²) in [4.78, 5) is 32.3. The van der Waals surface area contributed by atoms with Gasteiger partial charge < -0.3 is 45.0 Å². The van der Waals surface area contributed by atoms with Crippen LogP contribution in [0.2, 0.25) is 0 Å². The molecule has 3 amide bonds. The number of allylic oxidation sites excluding steroid dienone is 1. The van der Waals surface area contributed by atoms with E-state index in [0.717, 1.165) is 5.56 Å². The van der Waals surface area contributed by atoms with Crippen LogP contribution in [0.15, 0.2) is 72.7 Å². The number of nitrogens with zero attached hydrogens (tertiary/aromatic N) is 1. The second-order valence-electron chi connectivity index (χ2n) is 9.97. The second kappa shape index (κ2) is 17.7. The smallest absolute Gasteiger partial charge is 0.323 e. The first-order valence-electron chi connectivity index (χ1n) is 14.6. The van der Waals surface area contributed by atoms with E-state index in [1.54, 1.807) is 48.8 Å². The van der Waals surface area contributed by atoms with Gasteiger partial charge in [0.2, 0.25) is 0 Å². The van der Waals surface area contributed by atoms with Gasteiger partial charge in [-0.3, -0.25) is 9.78 Å². The Morgan fingerprint density at radius 3 is 2.56 bits per heavy atom. The van der Waals surface area contributed by atoms with Crippen molar-refractivity contribution < 1.29 is 38.0 Å². The van der Waals surface area contributed by atoms with Gasteiger partial charge in [0.15, 0.2) is 0 Å². The third kappa shape index (κ3) is 11.1. The quantitative estimate of drug-likeness (QED) is 0.143. The molecule has 0 saturated heterocycles. The number of halogens is 1. The van der Waals surface area contributed by atoms with E-state index in [0.29, 0.717) is 81.0 Å². The molecule has 12 nitrogen and oxygen atoms in total. The van der Waals surface area contributed by atoms with E-state index in [9.17, 15) is 14.0 Å². The third-order valence-corrected chi connectivity index (χ3v) is 6.44. The molecule has 5 N–H and O–H groups in total. The summed E-state index contributed by atoms with van der Waals surface area (Å²) in [5.74, 6) is -0.162. The summed E-state index contributed by atoms with van der Waals surface area (Å²) in [7, 11) is 0. The Bertz CT molecular complexity index is 1480. The first-order valence-corrected chi connectivity index (χ1v) is 14.6. The molecular formula is C32H38FN5O7. The molecular weight excluding hydrogens is 585 g/mol. The van der Waals surface area contributed by atoms with Crippen molar-refractivity contribution in [3.8, 4) is 17.1 Å². The molecule has 0 saturated carbocycles. The van der Waals surface area contributed by atoms with E-state index in [4.69, 9.17) is 24.1 Å². The standard InChI is InChI=1S/C32H38FN5O7/c1-22-2-7-27(33)28(18-22)38-32(41)37-24-3-5-25(6-4-24)45-26-8-9-34-30(20-26)29-19-23(21-36-29)31(40)35-10-12-42-14-16-44-17-15-43-13-11-39/h2-5,7-9,18-21,25,36,39H,6,10-17H2,1H3,(H,35,40)(H2,37,38,41). The largest absolute Gasteiger partial charge is 0.486 e. The number of aromatic amines is 1. The first-order chi connectivity index (χ1) is 21.9. The number of urea groups is 1. The van der Waals surface area contributed by atoms with E-state index in [2.05, 4.69) is 25.9 Å². The lowest BCUT2D eigenvalue weighted by Gasteiger charge is -2.19. The molecule has 4 rings (SSSR count). The number of aromatic nitrogens is 2. The molecule has 1 unspecified atom stereocenters. The van der Waals surface area contributed by atoms with Crippen LogP contribution in [0.4, 0.5) is 14.9 Å². The van der Waals surface area contributed by atoms with Crippen molar-refractivity contribution in [3.05, 3.63) is 89.7 Å². The van der Waals surface area contributed by atoms with Crippen LogP contribution in [0.5, 0.6) is 5.75 Å². The van der Waals surface area contributed by atoms with Crippen molar-refractivity contribution in [1.29, 1.82) is 0 Å². The molecule has 3 aromatic rings. The highest BCUT2D eigenvalue weighted by atomic mass is 19.1. The predicted octanol–water partition coefficient (Wildman–Crippen LogP) is 3.71. The number of benzene rings is 1. The van der Waals surface area contributed by atoms with Crippen molar-refractivity contribution in [3.63, 3.8) is 0 Å². The molecule has 0 fully saturated rings. The molecule has 0 radical (unpaired) electrons. The summed E-state index contributed by atoms with van der Waals surface area (Å²) in [6.45, 7) is 4.44. The van der Waals surface area contributed by atoms with Crippen LogP contribution in [0.1, 0.15) is 22.3 Å². The number of carbonyl (C=O) groups excluding carboxylic acids is 2. The lowest BCUT2D eigenvalue weighted by molar-refractivity contribution is 0.00825. The average Bonchev–Trinajstić information content (AvgIpc) is 3.53. The first kappa shape index (κ1) is 33.3. The Kier molecular flexibility index (Phi) is 13.1. The SMILES string of the molecule is Cc1ccc(F)c(NC(=O)NC2=CCC(Oc3ccnc(-c4cc(C(=O)NCCOCCOCCOCCO)c[nH]4)c3)C=C2)c1. The van der Waals surface area contributed by atoms with Crippen LogP contribution in [0, 0.1) is 12.7 Å². The maximum atomic E-state index is 13.9. The summed E-state index contributed by atoms with van der Waals surface area (Å²) in [6, 6.07) is 9.19. The third-order valence-electron chi connectivity index (χ3n) is 6.44. The van der Waals surface area contributed by atoms with Crippen molar-refractivity contribution in [1.82, 2.24) is 20.6 Å². The molecule has 1 aliphatic rings. The average molecular weight is 624 g/mol. The van der Waals surface area contributed by atoms with E-state index in [1.807, 2.05) is 19.1 Å². The summed E-state index contributed by atoms with van der Waals surface area (Å²) < 4.78 is 35.9. The Balaban J connectivity index is 1.17. The fourth-order valence-electron chi connectivity index (χ4n) is 4.23. The number of aryl methyl sites for hydroxylation is 1. The van der Waals surface area contributed by atoms with Crippen LogP contribution < -0.4 is 20.7 Å². The monoisotopic (exact) mass is 623 g/mol. The molecule has 2 aromatic heterocycles. The maximum Gasteiger partial charge on any atom is 0.323 e. The second-order valence-corrected chi connectivity index (χ2v) is 9.97. The number of ether oxygens (including phenoxy) is 4. The van der Waals surface area contributed by atoms with Gasteiger partial charge in [0.1, 0.15) is 17.7 Å². The van der Waals surface area contributed by atoms with Gasteiger partial charge in [-0.05, 0) is 48.9 Å². The zero-order valence-electron chi connectivity index (χ0n) is 25.0. The summed E-state index contributed by atoms with van der Waals surface area (Å²) in [5, 5.41) is 16.7. The molecule has 0 bridgehead atoms. The number of pyridine rings is 1. The minimum Gasteiger partial charge on any atom is -0.486 e. The Morgan fingerprint density at radius 1 is 1.02 bits per heavy atom. The van der Waals surface area contributed by atoms with Gasteiger partial charge in [-0.15, -0.1) is 0 Å². The number of carbonyl (C=O) groups is 2. The maximum absolute atomic E-state index is 13.9. The Hall–Kier alpha value is -4.56. The van der Waals surface area contributed by atoms with E-state index < -0.39 is 11.8 Å². The summed E-state index contributed by atoms with van der Waals surface area (Å²) >= 11 is 0. The molecule has 1 aliphatic carbocycles. The molecule has 2 heterocycles. The van der Waals surface area contributed by atoms with Crippen molar-refractivity contribution in [2.24, 2.45) is 0 Å². The normalized spacial score (nSPS) is 14.1. The number of anilines is 1. The fraction of sp³-hybridized carbons (Fsp3) is 0.344. The van der Waals surface area contributed by atoms with E-state index in [1.165, 1.54) is 6.07 Å². The van der Waals surface area contributed by atoms with Gasteiger partial charge >= 0.3 is 6.03 Å². The highest BCUT2D eigenvalue weighted by molar-refractivity contribution is 5.95. The predicted molar refractivity (Wildman–Crippen MR) is 165 cm³/mol. The lowest BCUT2D eigenvalue weighted by atomic mass is 10.1. The number of hydrogen-bond donors (Lipinski definition) is 5. The van der Waals surface area contributed by atoms with Gasteiger partial charge in [-0.25, -0.2) is 9.18 Å². The van der Waals surface area contributed by atoms with E-state index >= 15 is 0 Å². The minimum absolute atomic E-state index is 0.0118. The summed E-state index contributed by atoms with van der Waals surface area (Å²) in [5.41, 5.74) is 3.24. The molecule has 0 spiro atoms. The van der Waals surface area contributed by atoms with Crippen LogP contribution in [0.25, 0.3) is 11.4 Å². The van der Waals surface area contributed by atoms with Crippen LogP contribution in [-0.4, -0.2) is 85.9 Å². The molecule has 45 heavy (non-hydrogen) atoms. The number of nitrogens with one attached hydrogen (secondary N) is 4. The Labute approximate surface area is 260 Å². The molecule has 1 atom stereocenters. The van der Waals surface area contributed by atoms with E-state index in [-0.39, 0.29) is 24.3 Å². The van der Waals surface area contributed by atoms with Crippen molar-refractivity contribution in [2.75, 3.05) is 58.1 Å². The number of H-pyrrole nitrogens is 1. The topological polar surface area (TPSA) is 156 Å². The number of amides is 3. The number of aliphatic hydroxyl groups is 1. The van der Waals surface area contributed by atoms with Crippen LogP contribution >= 0.6 is 0 Å². The van der Waals surface area contributed by atoms with Crippen LogP contribution in [-0.2, 0) is 14.2 Å². The number of aliphatic hydroxyl groups excluding tert-OH is 1. The van der Waals surface area contributed by atoms with Gasteiger partial charge in [-0.2, -0.15) is 0 Å². The number of rotatable bonds is 17. The highest BCUT2D eigenvalue weighted by Gasteiger charge is 2.15. The zero-order valence-corrected chi connectivity index (χ0v) is 25.0. The number of hydrogen-bond acceptors (Lipinski definition) is 8. The lowest BCUT2D eigenvalue weighted by Crippen LogP contribution is -2.29. The highest BCUT2D eigenvalue weighted by Crippen LogP contribution is 2.24. The van der Waals surface area contributed by atoms with Gasteiger partial charge in [-0.1, -0.05) is 12.1 Å². The van der Waals surface area contributed by atoms with Crippen molar-refractivity contribution in [2.45, 2.75) is 19.4 Å². The van der Waals surface area contributed by atoms with Gasteiger partial charge in [0.05, 0.1) is 68.9 Å². The molecule has 1 aromatic carbocycles. The Morgan fingerprint density at radius 2 is 1.80 bits per heavy atom. The van der Waals surface area contributed by atoms with Gasteiger partial charge in [0.25, 0.3) is 5.91 Å². The molecule has 0 aliphatic heterocycles. The zero-order chi connectivity index (χ0) is 31.9. The van der Waals surface area contributed by atoms with Crippen molar-refractivity contribution >= 4 is 17.6 Å². The minimum atomic E-state index is -0.542. The van der Waals surface area contributed by atoms with Gasteiger partial charge in [0, 0.05) is 37.1 Å². The molecule has 13 heteroatoms. The molecule has 240 valence electrons. The summed E-state index contributed by atoms with van der Waals surface area (Å²) in [6.07, 6.45) is 8.85. The fourth-order valence-corrected chi connectivity index (χ4v) is 4.23.